The average Bonchev–Trinajstić information content (AvgIpc) is 2.71. The molecule has 164 valence electrons. The van der Waals surface area contributed by atoms with Gasteiger partial charge in [0.1, 0.15) is 12.4 Å². The topological polar surface area (TPSA) is 77.5 Å². The van der Waals surface area contributed by atoms with Gasteiger partial charge in [-0.1, -0.05) is 24.3 Å². The van der Waals surface area contributed by atoms with Crippen LogP contribution in [0.15, 0.2) is 60.8 Å². The van der Waals surface area contributed by atoms with Crippen LogP contribution in [-0.2, 0) is 22.8 Å². The van der Waals surface area contributed by atoms with Crippen LogP contribution in [0.25, 0.3) is 11.3 Å². The Kier molecular flexibility index (Phi) is 6.40. The molecule has 0 atom stereocenters. The summed E-state index contributed by atoms with van der Waals surface area (Å²) in [7, 11) is -2.14. The molecule has 0 fully saturated rings. The molecule has 31 heavy (non-hydrogen) atoms. The molecule has 0 saturated carbocycles. The van der Waals surface area contributed by atoms with Gasteiger partial charge in [0.15, 0.2) is 5.75 Å². The number of methoxy groups -OCH3 is 1. The first-order valence-electron chi connectivity index (χ1n) is 8.96. The predicted molar refractivity (Wildman–Crippen MR) is 110 cm³/mol. The van der Waals surface area contributed by atoms with Gasteiger partial charge in [-0.15, -0.1) is 0 Å². The van der Waals surface area contributed by atoms with Crippen LogP contribution < -0.4 is 14.2 Å². The van der Waals surface area contributed by atoms with Crippen LogP contribution in [0.2, 0.25) is 0 Å². The third kappa shape index (κ3) is 6.11. The third-order valence-electron chi connectivity index (χ3n) is 4.17. The first kappa shape index (κ1) is 22.4. The highest BCUT2D eigenvalue weighted by Gasteiger charge is 2.30. The van der Waals surface area contributed by atoms with Crippen molar-refractivity contribution in [2.24, 2.45) is 0 Å². The van der Waals surface area contributed by atoms with Gasteiger partial charge < -0.3 is 9.47 Å². The van der Waals surface area contributed by atoms with E-state index < -0.39 is 21.8 Å². The second-order valence-electron chi connectivity index (χ2n) is 6.66. The Bertz CT molecular complexity index is 1180. The molecular weight excluding hydrogens is 433 g/mol. The van der Waals surface area contributed by atoms with Crippen LogP contribution in [0.1, 0.15) is 11.1 Å². The van der Waals surface area contributed by atoms with E-state index in [2.05, 4.69) is 9.71 Å². The fourth-order valence-electron chi connectivity index (χ4n) is 2.79. The van der Waals surface area contributed by atoms with Crippen molar-refractivity contribution >= 4 is 15.7 Å². The minimum atomic E-state index is -4.42. The fraction of sp³-hybridized carbons (Fsp3) is 0.190. The van der Waals surface area contributed by atoms with E-state index in [1.807, 2.05) is 0 Å². The molecule has 10 heteroatoms. The van der Waals surface area contributed by atoms with Crippen LogP contribution in [0.3, 0.4) is 0 Å². The summed E-state index contributed by atoms with van der Waals surface area (Å²) in [5, 5.41) is 0. The second-order valence-corrected chi connectivity index (χ2v) is 8.41. The van der Waals surface area contributed by atoms with E-state index in [1.165, 1.54) is 25.4 Å². The summed E-state index contributed by atoms with van der Waals surface area (Å²) in [6.07, 6.45) is -2.01. The molecular formula is C21H19F3N2O4S. The minimum absolute atomic E-state index is 0.0513. The van der Waals surface area contributed by atoms with Crippen LogP contribution in [0.5, 0.6) is 11.5 Å². The summed E-state index contributed by atoms with van der Waals surface area (Å²) in [5.41, 5.74) is 0.945. The molecule has 3 aromatic rings. The number of nitrogens with one attached hydrogen (secondary N) is 1. The average molecular weight is 452 g/mol. The number of hydrogen-bond acceptors (Lipinski definition) is 5. The molecule has 0 unspecified atom stereocenters. The Morgan fingerprint density at radius 2 is 1.81 bits per heavy atom. The first-order chi connectivity index (χ1) is 14.5. The van der Waals surface area contributed by atoms with E-state index >= 15 is 0 Å². The number of ether oxygens (including phenoxy) is 2. The molecule has 2 aromatic carbocycles. The van der Waals surface area contributed by atoms with Crippen LogP contribution in [0.4, 0.5) is 18.9 Å². The quantitative estimate of drug-likeness (QED) is 0.561. The number of nitrogens with zero attached hydrogens (tertiary/aromatic N) is 1. The lowest BCUT2D eigenvalue weighted by Gasteiger charge is -2.12. The normalized spacial score (nSPS) is 11.8. The summed E-state index contributed by atoms with van der Waals surface area (Å²) in [4.78, 5) is 4.27. The smallest absolute Gasteiger partial charge is 0.416 e. The van der Waals surface area contributed by atoms with Gasteiger partial charge in [0, 0.05) is 5.56 Å². The van der Waals surface area contributed by atoms with E-state index in [-0.39, 0.29) is 18.0 Å². The molecule has 0 bridgehead atoms. The molecule has 0 spiro atoms. The molecule has 0 aliphatic rings. The van der Waals surface area contributed by atoms with Crippen molar-refractivity contribution < 1.29 is 31.1 Å². The number of benzene rings is 2. The van der Waals surface area contributed by atoms with Crippen LogP contribution in [0, 0.1) is 0 Å². The van der Waals surface area contributed by atoms with Crippen molar-refractivity contribution in [3.63, 3.8) is 0 Å². The Morgan fingerprint density at radius 1 is 1.06 bits per heavy atom. The van der Waals surface area contributed by atoms with Gasteiger partial charge in [0.05, 0.1) is 36.5 Å². The van der Waals surface area contributed by atoms with Gasteiger partial charge in [-0.05, 0) is 35.9 Å². The second kappa shape index (κ2) is 8.84. The molecule has 0 aliphatic heterocycles. The zero-order chi connectivity index (χ0) is 22.6. The molecule has 0 aliphatic carbocycles. The lowest BCUT2D eigenvalue weighted by Crippen LogP contribution is -2.11. The maximum atomic E-state index is 12.9. The van der Waals surface area contributed by atoms with Crippen LogP contribution >= 0.6 is 0 Å². The number of sulfonamides is 1. The number of aromatic nitrogens is 1. The Balaban J connectivity index is 1.82. The lowest BCUT2D eigenvalue weighted by molar-refractivity contribution is -0.137. The number of pyridine rings is 1. The van der Waals surface area contributed by atoms with Crippen LogP contribution in [-0.4, -0.2) is 26.8 Å². The number of hydrogen-bond donors (Lipinski definition) is 1. The SMILES string of the molecule is COc1cnc(-c2cccc(OCc3cccc(C(F)(F)F)c3)c2)cc1NS(C)(=O)=O. The highest BCUT2D eigenvalue weighted by atomic mass is 32.2. The van der Waals surface area contributed by atoms with E-state index in [4.69, 9.17) is 9.47 Å². The maximum absolute atomic E-state index is 12.9. The number of alkyl halides is 3. The highest BCUT2D eigenvalue weighted by Crippen LogP contribution is 2.32. The number of anilines is 1. The Morgan fingerprint density at radius 3 is 2.48 bits per heavy atom. The summed E-state index contributed by atoms with van der Waals surface area (Å²) in [6.45, 7) is -0.0513. The van der Waals surface area contributed by atoms with E-state index in [9.17, 15) is 21.6 Å². The monoisotopic (exact) mass is 452 g/mol. The Labute approximate surface area is 177 Å². The van der Waals surface area contributed by atoms with Gasteiger partial charge in [0.25, 0.3) is 0 Å². The number of rotatable bonds is 7. The first-order valence-corrected chi connectivity index (χ1v) is 10.9. The third-order valence-corrected chi connectivity index (χ3v) is 4.76. The summed E-state index contributed by atoms with van der Waals surface area (Å²) in [6, 6.07) is 13.2. The predicted octanol–water partition coefficient (Wildman–Crippen LogP) is 4.73. The van der Waals surface area contributed by atoms with Crippen molar-refractivity contribution in [3.05, 3.63) is 71.9 Å². The molecule has 0 saturated heterocycles. The fourth-order valence-corrected chi connectivity index (χ4v) is 3.35. The van der Waals surface area contributed by atoms with Crippen molar-refractivity contribution in [2.45, 2.75) is 12.8 Å². The zero-order valence-electron chi connectivity index (χ0n) is 16.6. The summed E-state index contributed by atoms with van der Waals surface area (Å²) in [5.74, 6) is 0.677. The van der Waals surface area contributed by atoms with Crippen molar-refractivity contribution in [1.82, 2.24) is 4.98 Å². The van der Waals surface area contributed by atoms with E-state index in [0.29, 0.717) is 22.6 Å². The van der Waals surface area contributed by atoms with Gasteiger partial charge in [-0.2, -0.15) is 13.2 Å². The maximum Gasteiger partial charge on any atom is 0.416 e. The Hall–Kier alpha value is -3.27. The van der Waals surface area contributed by atoms with Gasteiger partial charge in [-0.3, -0.25) is 9.71 Å². The molecule has 1 N–H and O–H groups in total. The molecule has 6 nitrogen and oxygen atoms in total. The van der Waals surface area contributed by atoms with Gasteiger partial charge >= 0.3 is 6.18 Å². The molecule has 1 aromatic heterocycles. The standard InChI is InChI=1S/C21H19F3N2O4S/c1-29-20-12-25-18(11-19(20)26-31(2,27)28)15-6-4-8-17(10-15)30-13-14-5-3-7-16(9-14)21(22,23)24/h3-12H,13H2,1-2H3,(H,25,26). The largest absolute Gasteiger partial charge is 0.493 e. The van der Waals surface area contributed by atoms with Crippen molar-refractivity contribution in [2.75, 3.05) is 18.1 Å². The molecule has 3 rings (SSSR count). The van der Waals surface area contributed by atoms with Gasteiger partial charge in [0.2, 0.25) is 10.0 Å². The molecule has 0 radical (unpaired) electrons. The van der Waals surface area contributed by atoms with Crippen molar-refractivity contribution in [3.8, 4) is 22.8 Å². The number of halogens is 3. The highest BCUT2D eigenvalue weighted by molar-refractivity contribution is 7.92. The van der Waals surface area contributed by atoms with Gasteiger partial charge in [-0.25, -0.2) is 8.42 Å². The lowest BCUT2D eigenvalue weighted by atomic mass is 10.1. The molecule has 1 heterocycles. The van der Waals surface area contributed by atoms with E-state index in [1.54, 1.807) is 30.3 Å². The summed E-state index contributed by atoms with van der Waals surface area (Å²) < 4.78 is 74.9. The summed E-state index contributed by atoms with van der Waals surface area (Å²) >= 11 is 0. The van der Waals surface area contributed by atoms with Crippen molar-refractivity contribution in [1.29, 1.82) is 0 Å². The minimum Gasteiger partial charge on any atom is -0.493 e. The molecule has 0 amide bonds. The zero-order valence-corrected chi connectivity index (χ0v) is 17.4. The van der Waals surface area contributed by atoms with E-state index in [0.717, 1.165) is 18.4 Å².